The van der Waals surface area contributed by atoms with E-state index in [-0.39, 0.29) is 6.42 Å². The van der Waals surface area contributed by atoms with E-state index in [4.69, 9.17) is 10.00 Å². The molecule has 2 rings (SSSR count). The summed E-state index contributed by atoms with van der Waals surface area (Å²) < 4.78 is 5.60. The van der Waals surface area contributed by atoms with E-state index in [1.54, 1.807) is 0 Å². The highest BCUT2D eigenvalue weighted by atomic mass is 16.6. The van der Waals surface area contributed by atoms with Gasteiger partial charge in [-0.2, -0.15) is 5.26 Å². The fraction of sp³-hybridized carbons (Fsp3) is 0.429. The highest BCUT2D eigenvalue weighted by Gasteiger charge is 2.37. The van der Waals surface area contributed by atoms with Crippen LogP contribution in [0.25, 0.3) is 0 Å². The molecule has 4 heteroatoms. The van der Waals surface area contributed by atoms with Gasteiger partial charge in [-0.15, -0.1) is 0 Å². The summed E-state index contributed by atoms with van der Waals surface area (Å²) in [6, 6.07) is 11.6. The normalized spacial score (nSPS) is 17.7. The van der Waals surface area contributed by atoms with Crippen molar-refractivity contribution in [2.24, 2.45) is 0 Å². The molecule has 0 atom stereocenters. The van der Waals surface area contributed by atoms with Gasteiger partial charge < -0.3 is 10.1 Å². The Hall–Kier alpha value is -1.86. The Morgan fingerprint density at radius 1 is 1.33 bits per heavy atom. The molecule has 0 aromatic heterocycles. The first kappa shape index (κ1) is 12.6. The number of piperidine rings is 1. The first-order valence-corrected chi connectivity index (χ1v) is 6.12. The van der Waals surface area contributed by atoms with Gasteiger partial charge in [-0.3, -0.25) is 4.79 Å². The summed E-state index contributed by atoms with van der Waals surface area (Å²) in [6.45, 7) is 1.63. The number of ether oxygens (including phenoxy) is 1. The number of carbonyl (C=O) groups is 1. The largest absolute Gasteiger partial charge is 0.453 e. The molecule has 1 aliphatic rings. The molecular weight excluding hydrogens is 228 g/mol. The van der Waals surface area contributed by atoms with Crippen LogP contribution in [0.1, 0.15) is 24.8 Å². The molecule has 18 heavy (non-hydrogen) atoms. The molecule has 0 saturated carbocycles. The monoisotopic (exact) mass is 244 g/mol. The molecule has 1 aromatic carbocycles. The zero-order chi connectivity index (χ0) is 12.8. The Balaban J connectivity index is 2.24. The Labute approximate surface area is 107 Å². The molecule has 1 saturated heterocycles. The summed E-state index contributed by atoms with van der Waals surface area (Å²) >= 11 is 0. The van der Waals surface area contributed by atoms with Gasteiger partial charge in [0, 0.05) is 12.8 Å². The molecule has 94 valence electrons. The summed E-state index contributed by atoms with van der Waals surface area (Å²) in [6.07, 6.45) is 1.30. The van der Waals surface area contributed by atoms with E-state index >= 15 is 0 Å². The summed E-state index contributed by atoms with van der Waals surface area (Å²) in [4.78, 5) is 11.6. The number of hydrogen-bond donors (Lipinski definition) is 1. The van der Waals surface area contributed by atoms with Crippen LogP contribution in [0, 0.1) is 11.3 Å². The fourth-order valence-corrected chi connectivity index (χ4v) is 2.34. The molecule has 1 aliphatic heterocycles. The SMILES string of the molecule is N#CCC(=O)OC1(c2ccccc2)CCNCC1. The second-order valence-electron chi connectivity index (χ2n) is 4.42. The minimum atomic E-state index is -0.569. The number of hydrogen-bond acceptors (Lipinski definition) is 4. The smallest absolute Gasteiger partial charge is 0.321 e. The molecule has 1 N–H and O–H groups in total. The predicted molar refractivity (Wildman–Crippen MR) is 66.5 cm³/mol. The van der Waals surface area contributed by atoms with Crippen molar-refractivity contribution in [2.75, 3.05) is 13.1 Å². The zero-order valence-electron chi connectivity index (χ0n) is 10.2. The van der Waals surface area contributed by atoms with Gasteiger partial charge in [0.1, 0.15) is 12.0 Å². The molecule has 0 unspecified atom stereocenters. The van der Waals surface area contributed by atoms with E-state index in [2.05, 4.69) is 5.32 Å². The van der Waals surface area contributed by atoms with E-state index in [1.807, 2.05) is 36.4 Å². The maximum absolute atomic E-state index is 11.6. The average Bonchev–Trinajstić information content (AvgIpc) is 2.41. The number of benzene rings is 1. The molecule has 0 amide bonds. The van der Waals surface area contributed by atoms with Gasteiger partial charge in [-0.1, -0.05) is 30.3 Å². The lowest BCUT2D eigenvalue weighted by Gasteiger charge is -2.37. The lowest BCUT2D eigenvalue weighted by Crippen LogP contribution is -2.43. The quantitative estimate of drug-likeness (QED) is 0.822. The number of nitrogens with one attached hydrogen (secondary N) is 1. The number of nitriles is 1. The predicted octanol–water partition coefficient (Wildman–Crippen LogP) is 1.72. The number of rotatable bonds is 3. The van der Waals surface area contributed by atoms with E-state index in [0.717, 1.165) is 31.5 Å². The molecule has 0 aliphatic carbocycles. The van der Waals surface area contributed by atoms with Gasteiger partial charge in [0.2, 0.25) is 0 Å². The molecule has 1 heterocycles. The van der Waals surface area contributed by atoms with Crippen molar-refractivity contribution in [1.82, 2.24) is 5.32 Å². The van der Waals surface area contributed by atoms with Crippen molar-refractivity contribution in [3.63, 3.8) is 0 Å². The van der Waals surface area contributed by atoms with Gasteiger partial charge in [-0.05, 0) is 18.7 Å². The number of carbonyl (C=O) groups excluding carboxylic acids is 1. The van der Waals surface area contributed by atoms with Gasteiger partial charge >= 0.3 is 5.97 Å². The first-order chi connectivity index (χ1) is 8.77. The van der Waals surface area contributed by atoms with Crippen LogP contribution in [0.2, 0.25) is 0 Å². The lowest BCUT2D eigenvalue weighted by atomic mass is 9.85. The topological polar surface area (TPSA) is 62.1 Å². The molecule has 1 aromatic rings. The van der Waals surface area contributed by atoms with Crippen LogP contribution in [0.3, 0.4) is 0 Å². The van der Waals surface area contributed by atoms with E-state index in [1.165, 1.54) is 0 Å². The van der Waals surface area contributed by atoms with Crippen LogP contribution in [-0.4, -0.2) is 19.1 Å². The maximum atomic E-state index is 11.6. The van der Waals surface area contributed by atoms with Crippen molar-refractivity contribution >= 4 is 5.97 Å². The molecule has 0 spiro atoms. The second kappa shape index (κ2) is 5.65. The van der Waals surface area contributed by atoms with Gasteiger partial charge in [0.05, 0.1) is 6.07 Å². The second-order valence-corrected chi connectivity index (χ2v) is 4.42. The molecule has 0 radical (unpaired) electrons. The van der Waals surface area contributed by atoms with Gasteiger partial charge in [0.15, 0.2) is 0 Å². The Bertz CT molecular complexity index is 445. The third-order valence-electron chi connectivity index (χ3n) is 3.24. The lowest BCUT2D eigenvalue weighted by molar-refractivity contribution is -0.163. The summed E-state index contributed by atoms with van der Waals surface area (Å²) in [5.74, 6) is -0.441. The Kier molecular flexibility index (Phi) is 3.96. The first-order valence-electron chi connectivity index (χ1n) is 6.12. The van der Waals surface area contributed by atoms with E-state index < -0.39 is 11.6 Å². The van der Waals surface area contributed by atoms with Crippen molar-refractivity contribution in [3.8, 4) is 6.07 Å². The van der Waals surface area contributed by atoms with Crippen molar-refractivity contribution < 1.29 is 9.53 Å². The maximum Gasteiger partial charge on any atom is 0.321 e. The third-order valence-corrected chi connectivity index (χ3v) is 3.24. The summed E-state index contributed by atoms with van der Waals surface area (Å²) in [5, 5.41) is 11.8. The van der Waals surface area contributed by atoms with Crippen LogP contribution in [0.5, 0.6) is 0 Å². The zero-order valence-corrected chi connectivity index (χ0v) is 10.2. The minimum absolute atomic E-state index is 0.192. The minimum Gasteiger partial charge on any atom is -0.453 e. The van der Waals surface area contributed by atoms with Crippen LogP contribution >= 0.6 is 0 Å². The van der Waals surface area contributed by atoms with Crippen molar-refractivity contribution in [1.29, 1.82) is 5.26 Å². The van der Waals surface area contributed by atoms with E-state index in [9.17, 15) is 4.79 Å². The standard InChI is InChI=1S/C14H16N2O2/c15-9-6-13(17)18-14(7-10-16-11-8-14)12-4-2-1-3-5-12/h1-5,16H,6-8,10-11H2. The highest BCUT2D eigenvalue weighted by Crippen LogP contribution is 2.35. The van der Waals surface area contributed by atoms with Crippen LogP contribution in [0.15, 0.2) is 30.3 Å². The Morgan fingerprint density at radius 2 is 2.00 bits per heavy atom. The third kappa shape index (κ3) is 2.69. The molecule has 1 fully saturated rings. The number of nitrogens with zero attached hydrogens (tertiary/aromatic N) is 1. The molecule has 4 nitrogen and oxygen atoms in total. The highest BCUT2D eigenvalue weighted by molar-refractivity contribution is 5.72. The summed E-state index contributed by atoms with van der Waals surface area (Å²) in [7, 11) is 0. The van der Waals surface area contributed by atoms with Gasteiger partial charge in [-0.25, -0.2) is 0 Å². The van der Waals surface area contributed by atoms with Gasteiger partial charge in [0.25, 0.3) is 0 Å². The van der Waals surface area contributed by atoms with E-state index in [0.29, 0.717) is 0 Å². The van der Waals surface area contributed by atoms with Crippen LogP contribution in [-0.2, 0) is 15.1 Å². The average molecular weight is 244 g/mol. The fourth-order valence-electron chi connectivity index (χ4n) is 2.34. The molecular formula is C14H16N2O2. The van der Waals surface area contributed by atoms with Crippen molar-refractivity contribution in [3.05, 3.63) is 35.9 Å². The van der Waals surface area contributed by atoms with Crippen LogP contribution in [0.4, 0.5) is 0 Å². The van der Waals surface area contributed by atoms with Crippen LogP contribution < -0.4 is 5.32 Å². The van der Waals surface area contributed by atoms with Crippen molar-refractivity contribution in [2.45, 2.75) is 24.9 Å². The Morgan fingerprint density at radius 3 is 2.61 bits per heavy atom. The number of esters is 1. The molecule has 0 bridgehead atoms. The summed E-state index contributed by atoms with van der Waals surface area (Å²) in [5.41, 5.74) is 0.443.